The minimum Gasteiger partial charge on any atom is -0.317 e. The molecule has 0 bridgehead atoms. The largest absolute Gasteiger partial charge is 0.317 e. The molecule has 2 rings (SSSR count). The number of hydrogen-bond acceptors (Lipinski definition) is 3. The molecule has 1 saturated carbocycles. The van der Waals surface area contributed by atoms with Crippen LogP contribution in [0.1, 0.15) is 45.0 Å². The summed E-state index contributed by atoms with van der Waals surface area (Å²) in [4.78, 5) is 4.46. The van der Waals surface area contributed by atoms with Crippen LogP contribution in [0.3, 0.4) is 0 Å². The molecule has 2 nitrogen and oxygen atoms in total. The van der Waals surface area contributed by atoms with Gasteiger partial charge < -0.3 is 5.32 Å². The zero-order chi connectivity index (χ0) is 13.2. The first-order chi connectivity index (χ1) is 8.50. The summed E-state index contributed by atoms with van der Waals surface area (Å²) in [5.41, 5.74) is 0.444. The van der Waals surface area contributed by atoms with Crippen LogP contribution < -0.4 is 5.32 Å². The Bertz CT molecular complexity index is 353. The SMILES string of the molecule is CNC1CCC(C(C)(C)C)CC1Cc1nccs1. The van der Waals surface area contributed by atoms with Crippen molar-refractivity contribution in [3.05, 3.63) is 16.6 Å². The standard InChI is InChI=1S/C15H26N2S/c1-15(2,3)12-5-6-13(16-4)11(9-12)10-14-17-7-8-18-14/h7-8,11-13,16H,5-6,9-10H2,1-4H3. The van der Waals surface area contributed by atoms with Gasteiger partial charge in [-0.3, -0.25) is 0 Å². The van der Waals surface area contributed by atoms with Crippen molar-refractivity contribution in [2.75, 3.05) is 7.05 Å². The van der Waals surface area contributed by atoms with E-state index in [0.29, 0.717) is 11.5 Å². The van der Waals surface area contributed by atoms with Crippen LogP contribution in [0, 0.1) is 17.3 Å². The molecule has 3 atom stereocenters. The lowest BCUT2D eigenvalue weighted by Crippen LogP contribution is -2.42. The van der Waals surface area contributed by atoms with E-state index in [1.54, 1.807) is 11.3 Å². The maximum absolute atomic E-state index is 4.46. The minimum atomic E-state index is 0.444. The van der Waals surface area contributed by atoms with Crippen molar-refractivity contribution in [2.24, 2.45) is 17.3 Å². The summed E-state index contributed by atoms with van der Waals surface area (Å²) in [6, 6.07) is 0.674. The van der Waals surface area contributed by atoms with Crippen LogP contribution >= 0.6 is 11.3 Å². The predicted octanol–water partition coefficient (Wildman–Crippen LogP) is 3.74. The normalized spacial score (nSPS) is 29.4. The Kier molecular flexibility index (Phi) is 4.44. The van der Waals surface area contributed by atoms with Crippen molar-refractivity contribution in [1.82, 2.24) is 10.3 Å². The van der Waals surface area contributed by atoms with Gasteiger partial charge in [0.15, 0.2) is 0 Å². The third-order valence-electron chi connectivity index (χ3n) is 4.50. The number of hydrogen-bond donors (Lipinski definition) is 1. The molecule has 0 radical (unpaired) electrons. The van der Waals surface area contributed by atoms with Crippen LogP contribution in [0.4, 0.5) is 0 Å². The molecule has 0 spiro atoms. The topological polar surface area (TPSA) is 24.9 Å². The highest BCUT2D eigenvalue weighted by atomic mass is 32.1. The van der Waals surface area contributed by atoms with Gasteiger partial charge in [-0.05, 0) is 43.6 Å². The molecular weight excluding hydrogens is 240 g/mol. The van der Waals surface area contributed by atoms with Gasteiger partial charge in [-0.25, -0.2) is 4.98 Å². The van der Waals surface area contributed by atoms with Crippen LogP contribution in [0.2, 0.25) is 0 Å². The average molecular weight is 266 g/mol. The van der Waals surface area contributed by atoms with E-state index in [4.69, 9.17) is 0 Å². The molecule has 1 aliphatic rings. The van der Waals surface area contributed by atoms with Gasteiger partial charge in [0.1, 0.15) is 0 Å². The summed E-state index contributed by atoms with van der Waals surface area (Å²) in [6.45, 7) is 7.16. The Hall–Kier alpha value is -0.410. The number of rotatable bonds is 3. The lowest BCUT2D eigenvalue weighted by Gasteiger charge is -2.41. The first-order valence-electron chi connectivity index (χ1n) is 7.06. The van der Waals surface area contributed by atoms with Crippen molar-refractivity contribution in [3.8, 4) is 0 Å². The predicted molar refractivity (Wildman–Crippen MR) is 79.0 cm³/mol. The Morgan fingerprint density at radius 2 is 2.17 bits per heavy atom. The van der Waals surface area contributed by atoms with Gasteiger partial charge in [0, 0.05) is 24.0 Å². The molecule has 0 aromatic carbocycles. The van der Waals surface area contributed by atoms with Crippen molar-refractivity contribution in [3.63, 3.8) is 0 Å². The molecule has 3 heteroatoms. The van der Waals surface area contributed by atoms with E-state index in [1.165, 1.54) is 24.3 Å². The van der Waals surface area contributed by atoms with Gasteiger partial charge in [0.05, 0.1) is 5.01 Å². The molecule has 0 aliphatic heterocycles. The van der Waals surface area contributed by atoms with E-state index in [2.05, 4.69) is 43.5 Å². The number of nitrogens with one attached hydrogen (secondary N) is 1. The quantitative estimate of drug-likeness (QED) is 0.901. The van der Waals surface area contributed by atoms with Crippen molar-refractivity contribution < 1.29 is 0 Å². The molecule has 1 heterocycles. The Morgan fingerprint density at radius 1 is 1.39 bits per heavy atom. The maximum Gasteiger partial charge on any atom is 0.0928 e. The number of nitrogens with zero attached hydrogens (tertiary/aromatic N) is 1. The molecule has 1 N–H and O–H groups in total. The first-order valence-corrected chi connectivity index (χ1v) is 7.94. The fraction of sp³-hybridized carbons (Fsp3) is 0.800. The third kappa shape index (κ3) is 3.33. The van der Waals surface area contributed by atoms with Crippen LogP contribution in [-0.4, -0.2) is 18.1 Å². The fourth-order valence-corrected chi connectivity index (χ4v) is 3.95. The van der Waals surface area contributed by atoms with Gasteiger partial charge in [-0.2, -0.15) is 0 Å². The molecule has 102 valence electrons. The lowest BCUT2D eigenvalue weighted by atomic mass is 9.67. The highest BCUT2D eigenvalue weighted by Gasteiger charge is 2.35. The Balaban J connectivity index is 2.04. The minimum absolute atomic E-state index is 0.444. The van der Waals surface area contributed by atoms with E-state index >= 15 is 0 Å². The van der Waals surface area contributed by atoms with Crippen LogP contribution in [0.15, 0.2) is 11.6 Å². The lowest BCUT2D eigenvalue weighted by molar-refractivity contribution is 0.116. The van der Waals surface area contributed by atoms with Crippen molar-refractivity contribution >= 4 is 11.3 Å². The average Bonchev–Trinajstić information content (AvgIpc) is 2.80. The highest BCUT2D eigenvalue weighted by Crippen LogP contribution is 2.41. The zero-order valence-corrected chi connectivity index (χ0v) is 12.9. The van der Waals surface area contributed by atoms with Gasteiger partial charge >= 0.3 is 0 Å². The second-order valence-electron chi connectivity index (χ2n) is 6.66. The number of thiazole rings is 1. The Morgan fingerprint density at radius 3 is 2.72 bits per heavy atom. The van der Waals surface area contributed by atoms with Gasteiger partial charge in [-0.1, -0.05) is 20.8 Å². The van der Waals surface area contributed by atoms with Crippen LogP contribution in [-0.2, 0) is 6.42 Å². The van der Waals surface area contributed by atoms with Gasteiger partial charge in [0.2, 0.25) is 0 Å². The molecule has 0 saturated heterocycles. The first kappa shape index (κ1) is 14.0. The van der Waals surface area contributed by atoms with E-state index in [9.17, 15) is 0 Å². The third-order valence-corrected chi connectivity index (χ3v) is 5.30. The Labute approximate surface area is 115 Å². The van der Waals surface area contributed by atoms with Crippen LogP contribution in [0.25, 0.3) is 0 Å². The summed E-state index contributed by atoms with van der Waals surface area (Å²) < 4.78 is 0. The molecule has 3 unspecified atom stereocenters. The molecule has 1 aliphatic carbocycles. The number of aromatic nitrogens is 1. The molecule has 1 aromatic rings. The summed E-state index contributed by atoms with van der Waals surface area (Å²) in [5.74, 6) is 1.60. The maximum atomic E-state index is 4.46. The van der Waals surface area contributed by atoms with Crippen molar-refractivity contribution in [2.45, 2.75) is 52.5 Å². The smallest absolute Gasteiger partial charge is 0.0928 e. The second kappa shape index (κ2) is 5.70. The summed E-state index contributed by atoms with van der Waals surface area (Å²) in [6.07, 6.45) is 7.10. The van der Waals surface area contributed by atoms with E-state index in [0.717, 1.165) is 18.3 Å². The van der Waals surface area contributed by atoms with Gasteiger partial charge in [0.25, 0.3) is 0 Å². The summed E-state index contributed by atoms with van der Waals surface area (Å²) >= 11 is 1.80. The molecule has 1 aromatic heterocycles. The van der Waals surface area contributed by atoms with Crippen molar-refractivity contribution in [1.29, 1.82) is 0 Å². The van der Waals surface area contributed by atoms with E-state index in [1.807, 2.05) is 6.20 Å². The fourth-order valence-electron chi connectivity index (χ4n) is 3.23. The molecule has 0 amide bonds. The van der Waals surface area contributed by atoms with Gasteiger partial charge in [-0.15, -0.1) is 11.3 Å². The van der Waals surface area contributed by atoms with E-state index in [-0.39, 0.29) is 0 Å². The highest BCUT2D eigenvalue weighted by molar-refractivity contribution is 7.09. The molecule has 1 fully saturated rings. The monoisotopic (exact) mass is 266 g/mol. The zero-order valence-electron chi connectivity index (χ0n) is 12.1. The van der Waals surface area contributed by atoms with E-state index < -0.39 is 0 Å². The summed E-state index contributed by atoms with van der Waals surface area (Å²) in [7, 11) is 2.11. The molecular formula is C15H26N2S. The second-order valence-corrected chi connectivity index (χ2v) is 7.64. The van der Waals surface area contributed by atoms with Crippen LogP contribution in [0.5, 0.6) is 0 Å². The summed E-state index contributed by atoms with van der Waals surface area (Å²) in [5, 5.41) is 6.91. The molecule has 18 heavy (non-hydrogen) atoms.